The van der Waals surface area contributed by atoms with Gasteiger partial charge in [0.25, 0.3) is 0 Å². The van der Waals surface area contributed by atoms with Crippen LogP contribution in [0.4, 0.5) is 17.6 Å². The van der Waals surface area contributed by atoms with E-state index in [4.69, 9.17) is 4.74 Å². The van der Waals surface area contributed by atoms with Gasteiger partial charge in [0.15, 0.2) is 23.2 Å². The minimum Gasteiger partial charge on any atom is -0.454 e. The fourth-order valence-electron chi connectivity index (χ4n) is 3.74. The Labute approximate surface area is 195 Å². The summed E-state index contributed by atoms with van der Waals surface area (Å²) >= 11 is 0. The summed E-state index contributed by atoms with van der Waals surface area (Å²) in [5.74, 6) is -5.55. The van der Waals surface area contributed by atoms with Crippen LogP contribution in [0.15, 0.2) is 36.4 Å². The van der Waals surface area contributed by atoms with Crippen LogP contribution in [0.5, 0.6) is 11.5 Å². The van der Waals surface area contributed by atoms with E-state index in [1.165, 1.54) is 38.1 Å². The van der Waals surface area contributed by atoms with Crippen LogP contribution in [-0.2, 0) is 11.0 Å². The lowest BCUT2D eigenvalue weighted by Crippen LogP contribution is -2.07. The third kappa shape index (κ3) is 5.35. The van der Waals surface area contributed by atoms with Crippen molar-refractivity contribution in [3.05, 3.63) is 76.4 Å². The molecule has 0 fully saturated rings. The van der Waals surface area contributed by atoms with Crippen LogP contribution in [0.3, 0.4) is 0 Å². The molecule has 0 spiro atoms. The first kappa shape index (κ1) is 25.9. The third-order valence-electron chi connectivity index (χ3n) is 5.54. The van der Waals surface area contributed by atoms with Gasteiger partial charge in [0, 0.05) is 11.1 Å². The molecule has 0 atom stereocenters. The van der Waals surface area contributed by atoms with Gasteiger partial charge in [-0.2, -0.15) is 4.39 Å². The van der Waals surface area contributed by atoms with Crippen molar-refractivity contribution < 1.29 is 36.7 Å². The molecule has 9 heteroatoms. The van der Waals surface area contributed by atoms with Crippen LogP contribution in [0.25, 0.3) is 11.1 Å². The van der Waals surface area contributed by atoms with Crippen LogP contribution in [0.1, 0.15) is 42.9 Å². The topological polar surface area (TPSA) is 66.8 Å². The number of hydrogen-bond acceptors (Lipinski definition) is 2. The van der Waals surface area contributed by atoms with Crippen molar-refractivity contribution in [1.29, 1.82) is 0 Å². The van der Waals surface area contributed by atoms with Gasteiger partial charge in [0.1, 0.15) is 5.75 Å². The minimum absolute atomic E-state index is 0.0944. The molecule has 0 aliphatic heterocycles. The van der Waals surface area contributed by atoms with Crippen molar-refractivity contribution in [3.63, 3.8) is 0 Å². The van der Waals surface area contributed by atoms with E-state index < -0.39 is 47.7 Å². The van der Waals surface area contributed by atoms with E-state index in [1.807, 2.05) is 6.92 Å². The number of unbranched alkanes of at least 4 members (excludes halogenated alkanes) is 2. The van der Waals surface area contributed by atoms with Gasteiger partial charge in [-0.05, 0) is 67.6 Å². The van der Waals surface area contributed by atoms with Crippen molar-refractivity contribution in [2.75, 3.05) is 0 Å². The molecule has 0 aromatic heterocycles. The van der Waals surface area contributed by atoms with E-state index in [2.05, 4.69) is 0 Å². The number of aryl methyl sites for hydroxylation is 3. The van der Waals surface area contributed by atoms with Gasteiger partial charge in [-0.1, -0.05) is 31.9 Å². The van der Waals surface area contributed by atoms with Gasteiger partial charge >= 0.3 is 7.60 Å². The predicted molar refractivity (Wildman–Crippen MR) is 123 cm³/mol. The van der Waals surface area contributed by atoms with E-state index in [0.29, 0.717) is 24.0 Å². The van der Waals surface area contributed by atoms with Crippen LogP contribution < -0.4 is 10.0 Å². The maximum Gasteiger partial charge on any atom is 0.356 e. The Morgan fingerprint density at radius 1 is 0.824 bits per heavy atom. The van der Waals surface area contributed by atoms with Gasteiger partial charge < -0.3 is 14.5 Å². The number of benzene rings is 3. The number of hydrogen-bond donors (Lipinski definition) is 2. The molecule has 0 saturated carbocycles. The second-order valence-electron chi connectivity index (χ2n) is 8.15. The molecule has 182 valence electrons. The monoisotopic (exact) mass is 496 g/mol. The maximum atomic E-state index is 14.9. The summed E-state index contributed by atoms with van der Waals surface area (Å²) in [6.45, 7) is 5.00. The number of rotatable bonds is 8. The van der Waals surface area contributed by atoms with E-state index in [1.54, 1.807) is 0 Å². The van der Waals surface area contributed by atoms with Crippen molar-refractivity contribution in [2.45, 2.75) is 46.5 Å². The Hall–Kier alpha value is -2.67. The summed E-state index contributed by atoms with van der Waals surface area (Å²) in [4.78, 5) is 18.7. The molecule has 0 unspecified atom stereocenters. The van der Waals surface area contributed by atoms with Crippen molar-refractivity contribution in [1.82, 2.24) is 0 Å². The highest BCUT2D eigenvalue weighted by Crippen LogP contribution is 2.39. The van der Waals surface area contributed by atoms with Gasteiger partial charge in [-0.25, -0.2) is 13.2 Å². The number of halogens is 4. The van der Waals surface area contributed by atoms with Gasteiger partial charge in [-0.15, -0.1) is 0 Å². The summed E-state index contributed by atoms with van der Waals surface area (Å²) in [6.07, 6.45) is 2.83. The van der Waals surface area contributed by atoms with Crippen LogP contribution in [0, 0.1) is 37.1 Å². The molecule has 3 aromatic carbocycles. The molecule has 0 radical (unpaired) electrons. The largest absolute Gasteiger partial charge is 0.454 e. The summed E-state index contributed by atoms with van der Waals surface area (Å²) in [6, 6.07) is 7.19. The lowest BCUT2D eigenvalue weighted by molar-refractivity contribution is 0.387. The molecule has 0 bridgehead atoms. The Balaban J connectivity index is 1.95. The SMILES string of the molecule is CCCCCc1ccc(-c2ccc(Oc3c(C)cc(P(=O)(O)O)cc3C)c(F)c2F)c(F)c1F. The molecule has 0 aliphatic rings. The van der Waals surface area contributed by atoms with Crippen LogP contribution >= 0.6 is 7.60 Å². The highest BCUT2D eigenvalue weighted by atomic mass is 31.2. The third-order valence-corrected chi connectivity index (χ3v) is 6.47. The molecule has 4 nitrogen and oxygen atoms in total. The zero-order valence-electron chi connectivity index (χ0n) is 19.0. The van der Waals surface area contributed by atoms with E-state index in [-0.39, 0.29) is 16.6 Å². The average Bonchev–Trinajstić information content (AvgIpc) is 2.76. The summed E-state index contributed by atoms with van der Waals surface area (Å²) < 4.78 is 75.9. The average molecular weight is 496 g/mol. The van der Waals surface area contributed by atoms with Gasteiger partial charge in [0.2, 0.25) is 5.82 Å². The molecule has 0 saturated heterocycles. The second-order valence-corrected chi connectivity index (χ2v) is 9.76. The molecular formula is C25H25F4O4P. The Morgan fingerprint density at radius 3 is 1.94 bits per heavy atom. The molecule has 0 aliphatic carbocycles. The fourth-order valence-corrected chi connectivity index (χ4v) is 4.46. The second kappa shape index (κ2) is 10.3. The van der Waals surface area contributed by atoms with Gasteiger partial charge in [-0.3, -0.25) is 4.57 Å². The van der Waals surface area contributed by atoms with Crippen LogP contribution in [-0.4, -0.2) is 9.79 Å². The lowest BCUT2D eigenvalue weighted by Gasteiger charge is -2.16. The van der Waals surface area contributed by atoms with Crippen molar-refractivity contribution >= 4 is 12.9 Å². The van der Waals surface area contributed by atoms with Crippen molar-refractivity contribution in [2.24, 2.45) is 0 Å². The van der Waals surface area contributed by atoms with E-state index >= 15 is 0 Å². The predicted octanol–water partition coefficient (Wildman–Crippen LogP) is 6.85. The molecular weight excluding hydrogens is 471 g/mol. The summed E-state index contributed by atoms with van der Waals surface area (Å²) in [5.41, 5.74) is -0.0760. The molecule has 3 aromatic rings. The molecule has 34 heavy (non-hydrogen) atoms. The van der Waals surface area contributed by atoms with Crippen LogP contribution in [0.2, 0.25) is 0 Å². The number of ether oxygens (including phenoxy) is 1. The first-order chi connectivity index (χ1) is 16.0. The van der Waals surface area contributed by atoms with Crippen molar-refractivity contribution in [3.8, 4) is 22.6 Å². The zero-order chi connectivity index (χ0) is 25.2. The Morgan fingerprint density at radius 2 is 1.38 bits per heavy atom. The fraction of sp³-hybridized carbons (Fsp3) is 0.280. The van der Waals surface area contributed by atoms with E-state index in [0.717, 1.165) is 25.0 Å². The molecule has 0 amide bonds. The molecule has 2 N–H and O–H groups in total. The molecule has 3 rings (SSSR count). The minimum atomic E-state index is -4.51. The Bertz CT molecular complexity index is 1250. The van der Waals surface area contributed by atoms with Gasteiger partial charge in [0.05, 0.1) is 5.30 Å². The Kier molecular flexibility index (Phi) is 7.86. The normalized spacial score (nSPS) is 11.7. The lowest BCUT2D eigenvalue weighted by atomic mass is 9.99. The highest BCUT2D eigenvalue weighted by Gasteiger charge is 2.24. The molecule has 0 heterocycles. The maximum absolute atomic E-state index is 14.9. The standard InChI is InChI=1S/C25H25F4O4P/c1-4-5-6-7-16-8-9-18(22(27)21(16)26)19-10-11-20(24(29)23(19)28)33-25-14(2)12-17(13-15(25)3)34(30,31)32/h8-13H,4-7H2,1-3H3,(H2,30,31,32). The smallest absolute Gasteiger partial charge is 0.356 e. The quantitative estimate of drug-likeness (QED) is 0.203. The summed E-state index contributed by atoms with van der Waals surface area (Å²) in [7, 11) is -4.51. The van der Waals surface area contributed by atoms with E-state index in [9.17, 15) is 31.9 Å². The highest BCUT2D eigenvalue weighted by molar-refractivity contribution is 7.60. The first-order valence-electron chi connectivity index (χ1n) is 10.8. The zero-order valence-corrected chi connectivity index (χ0v) is 19.9. The first-order valence-corrected chi connectivity index (χ1v) is 12.4. The summed E-state index contributed by atoms with van der Waals surface area (Å²) in [5, 5.41) is -0.229.